The van der Waals surface area contributed by atoms with Crippen molar-refractivity contribution in [3.8, 4) is 0 Å². The van der Waals surface area contributed by atoms with Gasteiger partial charge in [-0.3, -0.25) is 9.69 Å². The van der Waals surface area contributed by atoms with Crippen molar-refractivity contribution in [3.05, 3.63) is 0 Å². The molecule has 0 rings (SSSR count). The topological polar surface area (TPSA) is 40.5 Å². The molecule has 0 aliphatic heterocycles. The maximum atomic E-state index is 10.6. The van der Waals surface area contributed by atoms with Gasteiger partial charge >= 0.3 is 0 Å². The molecule has 0 bridgehead atoms. The van der Waals surface area contributed by atoms with Crippen molar-refractivity contribution in [1.82, 2.24) is 4.90 Å². The van der Waals surface area contributed by atoms with Gasteiger partial charge in [0.1, 0.15) is 5.78 Å². The van der Waals surface area contributed by atoms with Crippen LogP contribution in [-0.4, -0.2) is 42.5 Å². The Hall–Kier alpha value is -0.410. The predicted octanol–water partition coefficient (Wildman–Crippen LogP) is -0.502. The summed E-state index contributed by atoms with van der Waals surface area (Å²) in [4.78, 5) is 12.3. The van der Waals surface area contributed by atoms with Gasteiger partial charge in [-0.25, -0.2) is 0 Å². The first-order chi connectivity index (χ1) is 4.09. The smallest absolute Gasteiger partial charge is 0.149 e. The van der Waals surface area contributed by atoms with E-state index >= 15 is 0 Å². The van der Waals surface area contributed by atoms with Crippen molar-refractivity contribution in [3.63, 3.8) is 0 Å². The third kappa shape index (κ3) is 2.58. The summed E-state index contributed by atoms with van der Waals surface area (Å²) in [5.41, 5.74) is 0. The Morgan fingerprint density at radius 2 is 2.11 bits per heavy atom. The van der Waals surface area contributed by atoms with E-state index in [2.05, 4.69) is 0 Å². The molecule has 0 heterocycles. The molecule has 0 amide bonds. The average Bonchev–Trinajstić information content (AvgIpc) is 1.64. The van der Waals surface area contributed by atoms with E-state index in [9.17, 15) is 4.79 Å². The number of hydrogen-bond acceptors (Lipinski definition) is 3. The number of rotatable bonds is 3. The molecule has 0 aromatic heterocycles. The fourth-order valence-electron chi connectivity index (χ4n) is 0.655. The van der Waals surface area contributed by atoms with E-state index in [4.69, 9.17) is 5.11 Å². The van der Waals surface area contributed by atoms with E-state index in [1.54, 1.807) is 19.0 Å². The summed E-state index contributed by atoms with van der Waals surface area (Å²) < 4.78 is 0. The zero-order valence-electron chi connectivity index (χ0n) is 6.09. The summed E-state index contributed by atoms with van der Waals surface area (Å²) in [7, 11) is 3.53. The predicted molar refractivity (Wildman–Crippen MR) is 35.2 cm³/mol. The van der Waals surface area contributed by atoms with Crippen LogP contribution in [-0.2, 0) is 4.79 Å². The standard InChI is InChI=1S/C6H13NO2/c1-5(9)6(4-8)7(2)3/h6,8H,4H2,1-3H3/t6-/m1/s1. The Kier molecular flexibility index (Phi) is 3.42. The minimum Gasteiger partial charge on any atom is -0.394 e. The summed E-state index contributed by atoms with van der Waals surface area (Å²) in [5.74, 6) is 0.00231. The van der Waals surface area contributed by atoms with Crippen LogP contribution in [0.3, 0.4) is 0 Å². The third-order valence-corrected chi connectivity index (χ3v) is 1.27. The van der Waals surface area contributed by atoms with Crippen LogP contribution >= 0.6 is 0 Å². The lowest BCUT2D eigenvalue weighted by Gasteiger charge is -2.18. The van der Waals surface area contributed by atoms with Crippen molar-refractivity contribution in [2.45, 2.75) is 13.0 Å². The molecule has 0 radical (unpaired) electrons. The molecule has 0 saturated heterocycles. The van der Waals surface area contributed by atoms with Gasteiger partial charge in [-0.05, 0) is 21.0 Å². The minimum absolute atomic E-state index is 0.00231. The zero-order valence-corrected chi connectivity index (χ0v) is 6.09. The van der Waals surface area contributed by atoms with E-state index in [0.29, 0.717) is 0 Å². The maximum Gasteiger partial charge on any atom is 0.149 e. The van der Waals surface area contributed by atoms with Gasteiger partial charge in [-0.1, -0.05) is 0 Å². The Labute approximate surface area is 55.3 Å². The lowest BCUT2D eigenvalue weighted by atomic mass is 10.2. The summed E-state index contributed by atoms with van der Waals surface area (Å²) in [6.07, 6.45) is 0. The molecule has 9 heavy (non-hydrogen) atoms. The number of likely N-dealkylation sites (N-methyl/N-ethyl adjacent to an activating group) is 1. The van der Waals surface area contributed by atoms with Crippen molar-refractivity contribution in [2.24, 2.45) is 0 Å². The Balaban J connectivity index is 3.83. The van der Waals surface area contributed by atoms with Crippen LogP contribution in [0, 0.1) is 0 Å². The van der Waals surface area contributed by atoms with E-state index < -0.39 is 0 Å². The molecule has 1 atom stereocenters. The molecule has 0 fully saturated rings. The van der Waals surface area contributed by atoms with Gasteiger partial charge in [-0.15, -0.1) is 0 Å². The highest BCUT2D eigenvalue weighted by Crippen LogP contribution is 1.91. The fraction of sp³-hybridized carbons (Fsp3) is 0.833. The summed E-state index contributed by atoms with van der Waals surface area (Å²) in [6, 6.07) is -0.329. The minimum atomic E-state index is -0.329. The lowest BCUT2D eigenvalue weighted by Crippen LogP contribution is -2.37. The maximum absolute atomic E-state index is 10.6. The molecule has 0 saturated carbocycles. The lowest BCUT2D eigenvalue weighted by molar-refractivity contribution is -0.122. The van der Waals surface area contributed by atoms with Crippen LogP contribution < -0.4 is 0 Å². The molecule has 0 unspecified atom stereocenters. The van der Waals surface area contributed by atoms with Crippen LogP contribution in [0.1, 0.15) is 6.92 Å². The molecule has 0 aliphatic carbocycles. The van der Waals surface area contributed by atoms with Gasteiger partial charge in [0.2, 0.25) is 0 Å². The highest BCUT2D eigenvalue weighted by Gasteiger charge is 2.13. The van der Waals surface area contributed by atoms with Gasteiger partial charge < -0.3 is 5.11 Å². The molecule has 1 N–H and O–H groups in total. The van der Waals surface area contributed by atoms with Crippen LogP contribution in [0.15, 0.2) is 0 Å². The van der Waals surface area contributed by atoms with Gasteiger partial charge in [0, 0.05) is 0 Å². The van der Waals surface area contributed by atoms with Crippen LogP contribution in [0.4, 0.5) is 0 Å². The third-order valence-electron chi connectivity index (χ3n) is 1.27. The summed E-state index contributed by atoms with van der Waals surface area (Å²) in [5, 5.41) is 8.60. The van der Waals surface area contributed by atoms with E-state index in [1.807, 2.05) is 0 Å². The second kappa shape index (κ2) is 3.58. The van der Waals surface area contributed by atoms with Crippen LogP contribution in [0.5, 0.6) is 0 Å². The Morgan fingerprint density at radius 3 is 2.11 bits per heavy atom. The Bertz CT molecular complexity index is 101. The first-order valence-electron chi connectivity index (χ1n) is 2.87. The SMILES string of the molecule is CC(=O)[C@@H](CO)N(C)C. The molecule has 0 aromatic carbocycles. The quantitative estimate of drug-likeness (QED) is 0.561. The van der Waals surface area contributed by atoms with Crippen LogP contribution in [0.2, 0.25) is 0 Å². The highest BCUT2D eigenvalue weighted by atomic mass is 16.3. The first-order valence-corrected chi connectivity index (χ1v) is 2.87. The number of Topliss-reactive ketones (excluding diaryl/α,β-unsaturated/α-hetero) is 1. The number of nitrogens with zero attached hydrogens (tertiary/aromatic N) is 1. The van der Waals surface area contributed by atoms with Gasteiger partial charge in [0.15, 0.2) is 0 Å². The van der Waals surface area contributed by atoms with Crippen molar-refractivity contribution in [1.29, 1.82) is 0 Å². The average molecular weight is 131 g/mol. The summed E-state index contributed by atoms with van der Waals surface area (Å²) >= 11 is 0. The first kappa shape index (κ1) is 8.59. The molecule has 0 aliphatic rings. The number of carbonyl (C=O) groups is 1. The molecule has 0 spiro atoms. The fourth-order valence-corrected chi connectivity index (χ4v) is 0.655. The molecule has 54 valence electrons. The van der Waals surface area contributed by atoms with Crippen LogP contribution in [0.25, 0.3) is 0 Å². The number of ketones is 1. The molecular formula is C6H13NO2. The normalized spacial score (nSPS) is 13.9. The number of hydrogen-bond donors (Lipinski definition) is 1. The number of aliphatic hydroxyl groups excluding tert-OH is 1. The van der Waals surface area contributed by atoms with Crippen molar-refractivity contribution < 1.29 is 9.90 Å². The molecule has 3 nitrogen and oxygen atoms in total. The molecular weight excluding hydrogens is 118 g/mol. The van der Waals surface area contributed by atoms with Gasteiger partial charge in [0.25, 0.3) is 0 Å². The Morgan fingerprint density at radius 1 is 1.67 bits per heavy atom. The second-order valence-electron chi connectivity index (χ2n) is 2.27. The highest BCUT2D eigenvalue weighted by molar-refractivity contribution is 5.81. The number of aliphatic hydroxyl groups is 1. The van der Waals surface area contributed by atoms with E-state index in [1.165, 1.54) is 6.92 Å². The molecule has 3 heteroatoms. The van der Waals surface area contributed by atoms with Crippen molar-refractivity contribution in [2.75, 3.05) is 20.7 Å². The van der Waals surface area contributed by atoms with E-state index in [-0.39, 0.29) is 18.4 Å². The summed E-state index contributed by atoms with van der Waals surface area (Å²) in [6.45, 7) is 1.38. The molecule has 0 aromatic rings. The zero-order chi connectivity index (χ0) is 7.44. The second-order valence-corrected chi connectivity index (χ2v) is 2.27. The van der Waals surface area contributed by atoms with Gasteiger partial charge in [-0.2, -0.15) is 0 Å². The van der Waals surface area contributed by atoms with Gasteiger partial charge in [0.05, 0.1) is 12.6 Å². The van der Waals surface area contributed by atoms with E-state index in [0.717, 1.165) is 0 Å². The monoisotopic (exact) mass is 131 g/mol. The largest absolute Gasteiger partial charge is 0.394 e. The van der Waals surface area contributed by atoms with Crippen molar-refractivity contribution >= 4 is 5.78 Å². The number of carbonyl (C=O) groups excluding carboxylic acids is 1.